The van der Waals surface area contributed by atoms with E-state index in [1.807, 2.05) is 37.7 Å². The largest absolute Gasteiger partial charge is 0.490 e. The summed E-state index contributed by atoms with van der Waals surface area (Å²) in [6.07, 6.45) is 7.95. The van der Waals surface area contributed by atoms with E-state index in [0.29, 0.717) is 26.4 Å². The fourth-order valence-electron chi connectivity index (χ4n) is 3.96. The number of carbonyl (C=O) groups excluding carboxylic acids is 1. The number of nitrogens with one attached hydrogen (secondary N) is 1. The van der Waals surface area contributed by atoms with Crippen LogP contribution in [0.4, 0.5) is 4.79 Å². The van der Waals surface area contributed by atoms with Crippen LogP contribution in [-0.4, -0.2) is 64.0 Å². The number of carbonyl (C=O) groups is 1. The van der Waals surface area contributed by atoms with Crippen LogP contribution in [0, 0.1) is 0 Å². The zero-order valence-electron chi connectivity index (χ0n) is 21.2. The van der Waals surface area contributed by atoms with Gasteiger partial charge in [0.05, 0.1) is 34.8 Å². The molecule has 1 aliphatic rings. The lowest BCUT2D eigenvalue weighted by atomic mass is 10.1. The van der Waals surface area contributed by atoms with Gasteiger partial charge in [-0.3, -0.25) is 0 Å². The number of aromatic nitrogens is 4. The topological polar surface area (TPSA) is 110 Å². The van der Waals surface area contributed by atoms with Crippen molar-refractivity contribution in [2.75, 3.05) is 33.0 Å². The summed E-state index contributed by atoms with van der Waals surface area (Å²) in [7, 11) is 0. The summed E-state index contributed by atoms with van der Waals surface area (Å²) in [4.78, 5) is 12.6. The van der Waals surface area contributed by atoms with Gasteiger partial charge in [-0.25, -0.2) is 9.48 Å². The molecule has 1 amide bonds. The minimum Gasteiger partial charge on any atom is -0.490 e. The average Bonchev–Trinajstić information content (AvgIpc) is 3.53. The maximum Gasteiger partial charge on any atom is 0.407 e. The van der Waals surface area contributed by atoms with Crippen molar-refractivity contribution >= 4 is 28.5 Å². The van der Waals surface area contributed by atoms with E-state index in [9.17, 15) is 4.79 Å². The van der Waals surface area contributed by atoms with Gasteiger partial charge in [-0.1, -0.05) is 4.49 Å². The minimum atomic E-state index is -0.488. The van der Waals surface area contributed by atoms with Gasteiger partial charge in [0.1, 0.15) is 18.0 Å². The quantitative estimate of drug-likeness (QED) is 0.356. The van der Waals surface area contributed by atoms with E-state index in [1.54, 1.807) is 6.20 Å². The first-order valence-electron chi connectivity index (χ1n) is 12.5. The van der Waals surface area contributed by atoms with Crippen LogP contribution in [0.1, 0.15) is 59.1 Å². The summed E-state index contributed by atoms with van der Waals surface area (Å²) in [5.41, 5.74) is 1.47. The fraction of sp³-hybridized carbons (Fsp3) is 0.600. The van der Waals surface area contributed by atoms with E-state index < -0.39 is 11.7 Å². The first kappa shape index (κ1) is 26.3. The van der Waals surface area contributed by atoms with Crippen LogP contribution in [0.15, 0.2) is 24.5 Å². The number of nitrogens with zero attached hydrogens (tertiary/aromatic N) is 4. The first-order valence-corrected chi connectivity index (χ1v) is 13.3. The van der Waals surface area contributed by atoms with Gasteiger partial charge in [0.25, 0.3) is 0 Å². The maximum atomic E-state index is 11.7. The van der Waals surface area contributed by atoms with Gasteiger partial charge >= 0.3 is 6.09 Å². The molecule has 0 aliphatic carbocycles. The second-order valence-corrected chi connectivity index (χ2v) is 10.5. The van der Waals surface area contributed by atoms with Crippen molar-refractivity contribution in [2.24, 2.45) is 0 Å². The van der Waals surface area contributed by atoms with Crippen LogP contribution < -0.4 is 10.1 Å². The van der Waals surface area contributed by atoms with E-state index >= 15 is 0 Å². The Bertz CT molecular complexity index is 1110. The third-order valence-corrected chi connectivity index (χ3v) is 6.34. The van der Waals surface area contributed by atoms with Crippen molar-refractivity contribution in [1.29, 1.82) is 0 Å². The Morgan fingerprint density at radius 2 is 2.08 bits per heavy atom. The lowest BCUT2D eigenvalue weighted by molar-refractivity contribution is -0.0366. The molecular formula is C25H35N5O5S. The number of fused-ring (bicyclic) bond motifs is 1. The standard InChI is InChI=1S/C25H35N5O5S/c1-25(2,3)35-24(31)26-9-5-7-10-32-12-13-33-21-15-18(22-17-27-29-36-22)14-20-19(21)16-28-30(20)23-8-4-6-11-34-23/h14-17,23H,4-13H2,1-3H3,(H,26,31). The lowest BCUT2D eigenvalue weighted by Crippen LogP contribution is -2.33. The number of alkyl carbamates (subject to hydrolysis) is 1. The summed E-state index contributed by atoms with van der Waals surface area (Å²) in [6.45, 7) is 8.32. The van der Waals surface area contributed by atoms with Gasteiger partial charge in [0.2, 0.25) is 0 Å². The van der Waals surface area contributed by atoms with Crippen molar-refractivity contribution in [1.82, 2.24) is 24.7 Å². The van der Waals surface area contributed by atoms with Crippen LogP contribution in [0.5, 0.6) is 5.75 Å². The molecular weight excluding hydrogens is 482 g/mol. The number of ether oxygens (including phenoxy) is 4. The normalized spacial score (nSPS) is 16.2. The molecule has 0 saturated carbocycles. The van der Waals surface area contributed by atoms with Gasteiger partial charge in [0, 0.05) is 25.3 Å². The molecule has 1 saturated heterocycles. The first-order chi connectivity index (χ1) is 17.4. The summed E-state index contributed by atoms with van der Waals surface area (Å²) < 4.78 is 29.0. The zero-order chi connectivity index (χ0) is 25.4. The Balaban J connectivity index is 1.28. The number of rotatable bonds is 11. The van der Waals surface area contributed by atoms with Crippen molar-refractivity contribution in [2.45, 2.75) is 64.7 Å². The van der Waals surface area contributed by atoms with Crippen LogP contribution in [0.2, 0.25) is 0 Å². The molecule has 11 heteroatoms. The summed E-state index contributed by atoms with van der Waals surface area (Å²) >= 11 is 1.35. The molecule has 3 heterocycles. The van der Waals surface area contributed by atoms with Gasteiger partial charge < -0.3 is 24.3 Å². The maximum absolute atomic E-state index is 11.7. The van der Waals surface area contributed by atoms with Crippen LogP contribution in [-0.2, 0) is 14.2 Å². The van der Waals surface area contributed by atoms with Crippen molar-refractivity contribution < 1.29 is 23.7 Å². The van der Waals surface area contributed by atoms with Gasteiger partial charge in [0.15, 0.2) is 6.23 Å². The minimum absolute atomic E-state index is 0.0629. The highest BCUT2D eigenvalue weighted by atomic mass is 32.1. The zero-order valence-corrected chi connectivity index (χ0v) is 22.0. The Hall–Kier alpha value is -2.76. The fourth-order valence-corrected chi connectivity index (χ4v) is 4.46. The molecule has 1 atom stereocenters. The Labute approximate surface area is 215 Å². The second kappa shape index (κ2) is 12.5. The number of benzene rings is 1. The summed E-state index contributed by atoms with van der Waals surface area (Å²) in [5, 5.41) is 12.3. The molecule has 2 aromatic heterocycles. The number of unbranched alkanes of at least 4 members (excludes halogenated alkanes) is 1. The van der Waals surface area contributed by atoms with Crippen molar-refractivity contribution in [3.05, 3.63) is 24.5 Å². The van der Waals surface area contributed by atoms with Crippen LogP contribution >= 0.6 is 11.5 Å². The highest BCUT2D eigenvalue weighted by Gasteiger charge is 2.21. The Kier molecular flexibility index (Phi) is 9.11. The molecule has 1 aromatic carbocycles. The lowest BCUT2D eigenvalue weighted by Gasteiger charge is -2.23. The number of amides is 1. The van der Waals surface area contributed by atoms with E-state index in [1.165, 1.54) is 11.5 Å². The summed E-state index contributed by atoms with van der Waals surface area (Å²) in [6, 6.07) is 4.11. The molecule has 1 aliphatic heterocycles. The highest BCUT2D eigenvalue weighted by molar-refractivity contribution is 7.09. The molecule has 0 bridgehead atoms. The van der Waals surface area contributed by atoms with Crippen LogP contribution in [0.3, 0.4) is 0 Å². The van der Waals surface area contributed by atoms with Crippen LogP contribution in [0.25, 0.3) is 21.3 Å². The average molecular weight is 518 g/mol. The van der Waals surface area contributed by atoms with Gasteiger partial charge in [-0.05, 0) is 76.5 Å². The highest BCUT2D eigenvalue weighted by Crippen LogP contribution is 2.36. The molecule has 1 unspecified atom stereocenters. The Morgan fingerprint density at radius 3 is 2.83 bits per heavy atom. The second-order valence-electron chi connectivity index (χ2n) is 9.70. The molecule has 0 radical (unpaired) electrons. The van der Waals surface area contributed by atoms with E-state index in [2.05, 4.69) is 26.1 Å². The molecule has 196 valence electrons. The molecule has 0 spiro atoms. The van der Waals surface area contributed by atoms with E-state index in [0.717, 1.165) is 65.8 Å². The molecule has 4 rings (SSSR count). The molecule has 1 N–H and O–H groups in total. The number of hydrogen-bond donors (Lipinski definition) is 1. The smallest absolute Gasteiger partial charge is 0.407 e. The predicted octanol–water partition coefficient (Wildman–Crippen LogP) is 4.95. The Morgan fingerprint density at radius 1 is 1.19 bits per heavy atom. The molecule has 1 fully saturated rings. The van der Waals surface area contributed by atoms with E-state index in [4.69, 9.17) is 18.9 Å². The van der Waals surface area contributed by atoms with Gasteiger partial charge in [-0.2, -0.15) is 5.10 Å². The molecule has 36 heavy (non-hydrogen) atoms. The van der Waals surface area contributed by atoms with Crippen molar-refractivity contribution in [3.63, 3.8) is 0 Å². The third kappa shape index (κ3) is 7.37. The third-order valence-electron chi connectivity index (χ3n) is 5.62. The van der Waals surface area contributed by atoms with Gasteiger partial charge in [-0.15, -0.1) is 5.10 Å². The monoisotopic (exact) mass is 517 g/mol. The molecule has 3 aromatic rings. The molecule has 10 nitrogen and oxygen atoms in total. The van der Waals surface area contributed by atoms with E-state index in [-0.39, 0.29) is 6.23 Å². The number of hydrogen-bond acceptors (Lipinski definition) is 9. The van der Waals surface area contributed by atoms with Crippen molar-refractivity contribution in [3.8, 4) is 16.2 Å². The predicted molar refractivity (Wildman–Crippen MR) is 137 cm³/mol. The SMILES string of the molecule is CC(C)(C)OC(=O)NCCCCOCCOc1cc(-c2cnns2)cc2c1cnn2C1CCCCO1. The summed E-state index contributed by atoms with van der Waals surface area (Å²) in [5.74, 6) is 0.753.